The molecular weight excluding hydrogens is 459 g/mol. The lowest BCUT2D eigenvalue weighted by Gasteiger charge is -2.15. The van der Waals surface area contributed by atoms with Gasteiger partial charge in [0.25, 0.3) is 0 Å². The van der Waals surface area contributed by atoms with Gasteiger partial charge in [0.2, 0.25) is 17.8 Å². The van der Waals surface area contributed by atoms with Crippen LogP contribution >= 0.6 is 11.6 Å². The van der Waals surface area contributed by atoms with Crippen LogP contribution in [0.4, 0.5) is 16.0 Å². The molecule has 0 aliphatic heterocycles. The molecule has 0 spiro atoms. The van der Waals surface area contributed by atoms with Crippen molar-refractivity contribution in [2.45, 2.75) is 6.54 Å². The molecule has 0 radical (unpaired) electrons. The molecule has 34 heavy (non-hydrogen) atoms. The summed E-state index contributed by atoms with van der Waals surface area (Å²) in [6.45, 7) is 0.423. The fourth-order valence-electron chi connectivity index (χ4n) is 3.49. The third-order valence-electron chi connectivity index (χ3n) is 5.12. The molecule has 0 unspecified atom stereocenters. The molecule has 0 atom stereocenters. The van der Waals surface area contributed by atoms with Crippen LogP contribution in [0.5, 0.6) is 11.6 Å². The smallest absolute Gasteiger partial charge is 0.300 e. The SMILES string of the molecule is Cn1cnc2c1c(=O)nc(Nc1ccc(Oc3cccc(F)n3)cc1)n2Cc1ccc(Cl)cc1. The lowest BCUT2D eigenvalue weighted by Crippen LogP contribution is -2.19. The fourth-order valence-corrected chi connectivity index (χ4v) is 3.62. The highest BCUT2D eigenvalue weighted by Crippen LogP contribution is 2.24. The molecule has 3 heterocycles. The van der Waals surface area contributed by atoms with Crippen LogP contribution in [0.2, 0.25) is 5.02 Å². The van der Waals surface area contributed by atoms with Crippen LogP contribution in [0.15, 0.2) is 77.9 Å². The molecule has 0 aliphatic rings. The highest BCUT2D eigenvalue weighted by molar-refractivity contribution is 6.30. The topological polar surface area (TPSA) is 86.9 Å². The van der Waals surface area contributed by atoms with E-state index in [0.717, 1.165) is 5.56 Å². The molecule has 3 aromatic heterocycles. The third kappa shape index (κ3) is 4.46. The zero-order chi connectivity index (χ0) is 23.7. The third-order valence-corrected chi connectivity index (χ3v) is 5.37. The molecule has 10 heteroatoms. The maximum atomic E-state index is 13.3. The number of halogens is 2. The molecule has 0 bridgehead atoms. The van der Waals surface area contributed by atoms with Crippen molar-refractivity contribution in [3.8, 4) is 11.6 Å². The molecule has 1 N–H and O–H groups in total. The first-order chi connectivity index (χ1) is 16.5. The summed E-state index contributed by atoms with van der Waals surface area (Å²) in [5.74, 6) is 0.354. The Bertz CT molecular complexity index is 1530. The number of benzene rings is 2. The maximum Gasteiger partial charge on any atom is 0.300 e. The van der Waals surface area contributed by atoms with Gasteiger partial charge < -0.3 is 14.6 Å². The monoisotopic (exact) mass is 476 g/mol. The molecule has 2 aromatic carbocycles. The van der Waals surface area contributed by atoms with E-state index in [1.54, 1.807) is 48.3 Å². The number of rotatable bonds is 6. The number of fused-ring (bicyclic) bond motifs is 1. The van der Waals surface area contributed by atoms with E-state index in [1.165, 1.54) is 12.1 Å². The van der Waals surface area contributed by atoms with Crippen molar-refractivity contribution in [1.29, 1.82) is 0 Å². The van der Waals surface area contributed by atoms with Gasteiger partial charge in [-0.15, -0.1) is 0 Å². The summed E-state index contributed by atoms with van der Waals surface area (Å²) >= 11 is 6.02. The minimum Gasteiger partial charge on any atom is -0.439 e. The number of pyridine rings is 1. The van der Waals surface area contributed by atoms with Crippen LogP contribution < -0.4 is 15.6 Å². The summed E-state index contributed by atoms with van der Waals surface area (Å²) in [6.07, 6.45) is 1.59. The molecule has 0 amide bonds. The first-order valence-corrected chi connectivity index (χ1v) is 10.7. The van der Waals surface area contributed by atoms with Crippen LogP contribution in [-0.4, -0.2) is 24.1 Å². The minimum atomic E-state index is -0.620. The van der Waals surface area contributed by atoms with E-state index < -0.39 is 5.95 Å². The van der Waals surface area contributed by atoms with E-state index >= 15 is 0 Å². The summed E-state index contributed by atoms with van der Waals surface area (Å²) in [5, 5.41) is 3.83. The Morgan fingerprint density at radius 2 is 1.79 bits per heavy atom. The predicted octanol–water partition coefficient (Wildman–Crippen LogP) is 4.90. The quantitative estimate of drug-likeness (QED) is 0.351. The van der Waals surface area contributed by atoms with Gasteiger partial charge in [0.05, 0.1) is 12.9 Å². The Hall–Kier alpha value is -4.24. The molecule has 0 aliphatic carbocycles. The summed E-state index contributed by atoms with van der Waals surface area (Å²) in [4.78, 5) is 25.1. The number of ether oxygens (including phenoxy) is 1. The van der Waals surface area contributed by atoms with Gasteiger partial charge in [-0.2, -0.15) is 14.4 Å². The van der Waals surface area contributed by atoms with Crippen LogP contribution in [-0.2, 0) is 13.6 Å². The Labute approximate surface area is 198 Å². The molecule has 170 valence electrons. The number of nitrogens with one attached hydrogen (secondary N) is 1. The van der Waals surface area contributed by atoms with Gasteiger partial charge in [-0.05, 0) is 48.0 Å². The van der Waals surface area contributed by atoms with Gasteiger partial charge in [0.15, 0.2) is 11.2 Å². The molecule has 0 saturated heterocycles. The average molecular weight is 477 g/mol. The van der Waals surface area contributed by atoms with E-state index in [-0.39, 0.29) is 11.4 Å². The molecule has 5 rings (SSSR count). The summed E-state index contributed by atoms with van der Waals surface area (Å²) in [7, 11) is 1.75. The van der Waals surface area contributed by atoms with Crippen LogP contribution in [0, 0.1) is 5.95 Å². The van der Waals surface area contributed by atoms with Gasteiger partial charge in [-0.3, -0.25) is 9.36 Å². The average Bonchev–Trinajstić information content (AvgIpc) is 3.21. The first-order valence-electron chi connectivity index (χ1n) is 10.3. The number of hydrogen-bond acceptors (Lipinski definition) is 6. The molecule has 8 nitrogen and oxygen atoms in total. The minimum absolute atomic E-state index is 0.153. The molecule has 5 aromatic rings. The second kappa shape index (κ2) is 8.95. The number of imidazole rings is 1. The summed E-state index contributed by atoms with van der Waals surface area (Å²) in [5.41, 5.74) is 2.17. The van der Waals surface area contributed by atoms with E-state index in [9.17, 15) is 9.18 Å². The Balaban J connectivity index is 1.47. The van der Waals surface area contributed by atoms with Gasteiger partial charge in [-0.1, -0.05) is 29.8 Å². The van der Waals surface area contributed by atoms with Crippen LogP contribution in [0.1, 0.15) is 5.56 Å². The molecule has 0 fully saturated rings. The number of hydrogen-bond donors (Lipinski definition) is 1. The lowest BCUT2D eigenvalue weighted by molar-refractivity contribution is 0.445. The van der Waals surface area contributed by atoms with Crippen molar-refractivity contribution in [2.24, 2.45) is 7.05 Å². The Morgan fingerprint density at radius 3 is 2.53 bits per heavy atom. The van der Waals surface area contributed by atoms with Crippen LogP contribution in [0.3, 0.4) is 0 Å². The van der Waals surface area contributed by atoms with Gasteiger partial charge in [0.1, 0.15) is 5.75 Å². The van der Waals surface area contributed by atoms with Crippen molar-refractivity contribution in [3.05, 3.63) is 99.9 Å². The Kier molecular flexibility index (Phi) is 5.69. The van der Waals surface area contributed by atoms with E-state index in [2.05, 4.69) is 20.3 Å². The molecular formula is C24H18ClFN6O2. The van der Waals surface area contributed by atoms with E-state index in [4.69, 9.17) is 16.3 Å². The number of aryl methyl sites for hydroxylation is 1. The predicted molar refractivity (Wildman–Crippen MR) is 127 cm³/mol. The highest BCUT2D eigenvalue weighted by Gasteiger charge is 2.16. The second-order valence-electron chi connectivity index (χ2n) is 7.53. The second-order valence-corrected chi connectivity index (χ2v) is 7.97. The van der Waals surface area contributed by atoms with Crippen molar-refractivity contribution in [3.63, 3.8) is 0 Å². The number of anilines is 2. The largest absolute Gasteiger partial charge is 0.439 e. The van der Waals surface area contributed by atoms with Crippen molar-refractivity contribution in [2.75, 3.05) is 5.32 Å². The van der Waals surface area contributed by atoms with Crippen molar-refractivity contribution >= 4 is 34.4 Å². The van der Waals surface area contributed by atoms with Gasteiger partial charge in [-0.25, -0.2) is 4.98 Å². The summed E-state index contributed by atoms with van der Waals surface area (Å²) < 4.78 is 22.4. The van der Waals surface area contributed by atoms with Gasteiger partial charge >= 0.3 is 5.56 Å². The lowest BCUT2D eigenvalue weighted by atomic mass is 10.2. The fraction of sp³-hybridized carbons (Fsp3) is 0.0833. The van der Waals surface area contributed by atoms with E-state index in [1.807, 2.05) is 28.8 Å². The zero-order valence-corrected chi connectivity index (χ0v) is 18.7. The molecule has 0 saturated carbocycles. The number of aromatic nitrogens is 5. The van der Waals surface area contributed by atoms with Crippen LogP contribution in [0.25, 0.3) is 11.2 Å². The normalized spacial score (nSPS) is 11.0. The highest BCUT2D eigenvalue weighted by atomic mass is 35.5. The first kappa shape index (κ1) is 21.6. The van der Waals surface area contributed by atoms with Gasteiger partial charge in [0, 0.05) is 23.8 Å². The standard InChI is InChI=1S/C24H18ClFN6O2/c1-31-14-27-22-21(31)23(33)30-24(32(22)13-15-5-7-16(25)8-6-15)28-17-9-11-18(12-10-17)34-20-4-2-3-19(26)29-20/h2-12,14H,13H2,1H3,(H,28,30,33). The van der Waals surface area contributed by atoms with E-state index in [0.29, 0.717) is 40.1 Å². The summed E-state index contributed by atoms with van der Waals surface area (Å²) in [6, 6.07) is 18.7. The maximum absolute atomic E-state index is 13.3. The zero-order valence-electron chi connectivity index (χ0n) is 17.9. The van der Waals surface area contributed by atoms with Crippen molar-refractivity contribution < 1.29 is 9.13 Å². The Morgan fingerprint density at radius 1 is 1.03 bits per heavy atom. The van der Waals surface area contributed by atoms with Crippen molar-refractivity contribution in [1.82, 2.24) is 24.1 Å². The number of nitrogens with zero attached hydrogens (tertiary/aromatic N) is 5.